The number of rotatable bonds is 6. The van der Waals surface area contributed by atoms with E-state index in [1.165, 1.54) is 11.1 Å². The second-order valence-corrected chi connectivity index (χ2v) is 9.76. The molecular formula is C25H27N3O3S. The molecule has 32 heavy (non-hydrogen) atoms. The van der Waals surface area contributed by atoms with E-state index in [2.05, 4.69) is 58.2 Å². The molecule has 3 aromatic rings. The number of carbonyl (C=O) groups is 1. The van der Waals surface area contributed by atoms with E-state index in [1.54, 1.807) is 24.3 Å². The summed E-state index contributed by atoms with van der Waals surface area (Å²) in [5.41, 5.74) is 3.34. The first kappa shape index (κ1) is 22.0. The number of hydrogen-bond donors (Lipinski definition) is 1. The van der Waals surface area contributed by atoms with Gasteiger partial charge in [0.2, 0.25) is 10.0 Å². The Morgan fingerprint density at radius 3 is 1.91 bits per heavy atom. The lowest BCUT2D eigenvalue weighted by Crippen LogP contribution is -2.49. The molecule has 0 atom stereocenters. The molecule has 1 heterocycles. The van der Waals surface area contributed by atoms with Gasteiger partial charge in [0.1, 0.15) is 0 Å². The molecule has 0 bridgehead atoms. The lowest BCUT2D eigenvalue weighted by molar-refractivity contribution is 0.0597. The highest BCUT2D eigenvalue weighted by atomic mass is 32.2. The first-order chi connectivity index (χ1) is 15.4. The van der Waals surface area contributed by atoms with Gasteiger partial charge in [-0.1, -0.05) is 66.7 Å². The minimum atomic E-state index is -3.40. The number of amides is 1. The van der Waals surface area contributed by atoms with Crippen molar-refractivity contribution < 1.29 is 13.2 Å². The van der Waals surface area contributed by atoms with Crippen molar-refractivity contribution in [1.82, 2.24) is 9.80 Å². The molecule has 0 saturated carbocycles. The molecule has 6 nitrogen and oxygen atoms in total. The maximum atomic E-state index is 13.1. The second kappa shape index (κ2) is 9.54. The third kappa shape index (κ3) is 5.36. The predicted octanol–water partition coefficient (Wildman–Crippen LogP) is 3.61. The van der Waals surface area contributed by atoms with Crippen LogP contribution in [0.1, 0.15) is 27.5 Å². The molecule has 7 heteroatoms. The van der Waals surface area contributed by atoms with Crippen LogP contribution in [0.2, 0.25) is 0 Å². The van der Waals surface area contributed by atoms with Gasteiger partial charge in [0, 0.05) is 37.4 Å². The zero-order valence-corrected chi connectivity index (χ0v) is 18.8. The lowest BCUT2D eigenvalue weighted by atomic mass is 9.96. The fourth-order valence-corrected chi connectivity index (χ4v) is 4.74. The van der Waals surface area contributed by atoms with Gasteiger partial charge in [-0.3, -0.25) is 14.4 Å². The Labute approximate surface area is 189 Å². The number of anilines is 1. The Balaban J connectivity index is 1.48. The van der Waals surface area contributed by atoms with E-state index in [0.717, 1.165) is 19.3 Å². The normalized spacial score (nSPS) is 15.0. The number of carbonyl (C=O) groups excluding carboxylic acids is 1. The molecule has 166 valence electrons. The Bertz CT molecular complexity index is 1120. The van der Waals surface area contributed by atoms with E-state index in [-0.39, 0.29) is 11.9 Å². The zero-order valence-electron chi connectivity index (χ0n) is 18.0. The van der Waals surface area contributed by atoms with Gasteiger partial charge in [0.25, 0.3) is 5.91 Å². The molecule has 1 fully saturated rings. The highest BCUT2D eigenvalue weighted by Crippen LogP contribution is 2.29. The van der Waals surface area contributed by atoms with Crippen LogP contribution in [0.25, 0.3) is 0 Å². The summed E-state index contributed by atoms with van der Waals surface area (Å²) in [5.74, 6) is -0.0854. The van der Waals surface area contributed by atoms with E-state index < -0.39 is 10.0 Å². The number of nitrogens with zero attached hydrogens (tertiary/aromatic N) is 2. The molecule has 1 aliphatic heterocycles. The van der Waals surface area contributed by atoms with Gasteiger partial charge >= 0.3 is 0 Å². The summed E-state index contributed by atoms with van der Waals surface area (Å²) in [6.07, 6.45) is 1.09. The molecular weight excluding hydrogens is 422 g/mol. The van der Waals surface area contributed by atoms with E-state index >= 15 is 0 Å². The van der Waals surface area contributed by atoms with E-state index in [1.807, 2.05) is 17.0 Å². The van der Waals surface area contributed by atoms with Gasteiger partial charge in [-0.25, -0.2) is 8.42 Å². The van der Waals surface area contributed by atoms with E-state index in [0.29, 0.717) is 24.3 Å². The van der Waals surface area contributed by atoms with Crippen molar-refractivity contribution in [2.45, 2.75) is 6.04 Å². The third-order valence-electron chi connectivity index (χ3n) is 5.61. The number of nitrogens with one attached hydrogen (secondary N) is 1. The van der Waals surface area contributed by atoms with Crippen LogP contribution in [-0.2, 0) is 10.0 Å². The van der Waals surface area contributed by atoms with Crippen LogP contribution in [0.15, 0.2) is 84.9 Å². The van der Waals surface area contributed by atoms with Crippen molar-refractivity contribution >= 4 is 21.6 Å². The maximum Gasteiger partial charge on any atom is 0.254 e. The number of hydrogen-bond acceptors (Lipinski definition) is 4. The van der Waals surface area contributed by atoms with Crippen LogP contribution in [0.4, 0.5) is 5.69 Å². The van der Waals surface area contributed by atoms with Crippen molar-refractivity contribution in [3.8, 4) is 0 Å². The molecule has 3 aromatic carbocycles. The van der Waals surface area contributed by atoms with Crippen LogP contribution >= 0.6 is 0 Å². The summed E-state index contributed by atoms with van der Waals surface area (Å²) < 4.78 is 25.4. The molecule has 0 radical (unpaired) electrons. The first-order valence-corrected chi connectivity index (χ1v) is 12.5. The van der Waals surface area contributed by atoms with E-state index in [9.17, 15) is 13.2 Å². The Morgan fingerprint density at radius 2 is 1.38 bits per heavy atom. The number of sulfonamides is 1. The predicted molar refractivity (Wildman–Crippen MR) is 127 cm³/mol. The molecule has 0 aromatic heterocycles. The molecule has 0 unspecified atom stereocenters. The van der Waals surface area contributed by atoms with Gasteiger partial charge in [0.05, 0.1) is 12.3 Å². The summed E-state index contributed by atoms with van der Waals surface area (Å²) in [6.45, 7) is 2.72. The highest BCUT2D eigenvalue weighted by Gasteiger charge is 2.28. The largest absolute Gasteiger partial charge is 0.336 e. The fourth-order valence-electron chi connectivity index (χ4n) is 4.18. The quantitative estimate of drug-likeness (QED) is 0.624. The Morgan fingerprint density at radius 1 is 0.812 bits per heavy atom. The Hall–Kier alpha value is -3.16. The summed E-state index contributed by atoms with van der Waals surface area (Å²) in [7, 11) is -3.40. The zero-order chi connectivity index (χ0) is 22.6. The van der Waals surface area contributed by atoms with Crippen molar-refractivity contribution in [3.63, 3.8) is 0 Å². The molecule has 1 amide bonds. The van der Waals surface area contributed by atoms with E-state index in [4.69, 9.17) is 0 Å². The molecule has 1 aliphatic rings. The van der Waals surface area contributed by atoms with Crippen LogP contribution in [0, 0.1) is 0 Å². The van der Waals surface area contributed by atoms with Gasteiger partial charge in [0.15, 0.2) is 0 Å². The SMILES string of the molecule is CS(=O)(=O)Nc1cccc(C(=O)N2CCN(C(c3ccccc3)c3ccccc3)CC2)c1. The summed E-state index contributed by atoms with van der Waals surface area (Å²) in [4.78, 5) is 17.3. The average Bonchev–Trinajstić information content (AvgIpc) is 2.80. The van der Waals surface area contributed by atoms with Crippen LogP contribution in [0.3, 0.4) is 0 Å². The maximum absolute atomic E-state index is 13.1. The van der Waals surface area contributed by atoms with Crippen LogP contribution in [0.5, 0.6) is 0 Å². The van der Waals surface area contributed by atoms with Gasteiger partial charge in [-0.05, 0) is 29.3 Å². The van der Waals surface area contributed by atoms with Crippen molar-refractivity contribution in [2.75, 3.05) is 37.2 Å². The summed E-state index contributed by atoms with van der Waals surface area (Å²) in [5, 5.41) is 0. The lowest BCUT2D eigenvalue weighted by Gasteiger charge is -2.39. The fraction of sp³-hybridized carbons (Fsp3) is 0.240. The molecule has 1 N–H and O–H groups in total. The smallest absolute Gasteiger partial charge is 0.254 e. The van der Waals surface area contributed by atoms with Gasteiger partial charge < -0.3 is 4.90 Å². The van der Waals surface area contributed by atoms with Gasteiger partial charge in [-0.15, -0.1) is 0 Å². The average molecular weight is 450 g/mol. The topological polar surface area (TPSA) is 69.7 Å². The Kier molecular flexibility index (Phi) is 6.58. The summed E-state index contributed by atoms with van der Waals surface area (Å²) in [6, 6.07) is 27.6. The van der Waals surface area contributed by atoms with Gasteiger partial charge in [-0.2, -0.15) is 0 Å². The minimum Gasteiger partial charge on any atom is -0.336 e. The van der Waals surface area contributed by atoms with Crippen molar-refractivity contribution in [2.24, 2.45) is 0 Å². The first-order valence-electron chi connectivity index (χ1n) is 10.6. The standard InChI is InChI=1S/C25H27N3O3S/c1-32(30,31)26-23-14-8-13-22(19-23)25(29)28-17-15-27(16-18-28)24(20-9-4-2-5-10-20)21-11-6-3-7-12-21/h2-14,19,24,26H,15-18H2,1H3. The summed E-state index contributed by atoms with van der Waals surface area (Å²) >= 11 is 0. The minimum absolute atomic E-state index is 0.0854. The number of piperazine rings is 1. The second-order valence-electron chi connectivity index (χ2n) is 8.01. The molecule has 1 saturated heterocycles. The van der Waals surface area contributed by atoms with Crippen molar-refractivity contribution in [1.29, 1.82) is 0 Å². The monoisotopic (exact) mass is 449 g/mol. The number of benzene rings is 3. The molecule has 0 aliphatic carbocycles. The van der Waals surface area contributed by atoms with Crippen LogP contribution in [-0.4, -0.2) is 56.6 Å². The highest BCUT2D eigenvalue weighted by molar-refractivity contribution is 7.92. The van der Waals surface area contributed by atoms with Crippen LogP contribution < -0.4 is 4.72 Å². The molecule has 0 spiro atoms. The van der Waals surface area contributed by atoms with Crippen molar-refractivity contribution in [3.05, 3.63) is 102 Å². The molecule has 4 rings (SSSR count). The third-order valence-corrected chi connectivity index (χ3v) is 6.22.